The number of fused-ring (bicyclic) bond motifs is 3. The summed E-state index contributed by atoms with van der Waals surface area (Å²) in [5, 5.41) is 47.1. The predicted octanol–water partition coefficient (Wildman–Crippen LogP) is 1.19. The van der Waals surface area contributed by atoms with Crippen LogP contribution in [0.2, 0.25) is 0 Å². The third kappa shape index (κ3) is 3.91. The summed E-state index contributed by atoms with van der Waals surface area (Å²) in [4.78, 5) is 20.4. The van der Waals surface area contributed by atoms with E-state index in [-0.39, 0.29) is 23.3 Å². The third-order valence-corrected chi connectivity index (χ3v) is 7.14. The van der Waals surface area contributed by atoms with E-state index < -0.39 is 73.5 Å². The number of nitro benzene ring substituents is 2. The van der Waals surface area contributed by atoms with E-state index in [0.717, 1.165) is 6.07 Å². The number of nitrogens with zero attached hydrogens (tertiary/aromatic N) is 3. The van der Waals surface area contributed by atoms with E-state index in [0.29, 0.717) is 12.1 Å². The van der Waals surface area contributed by atoms with Gasteiger partial charge in [0.1, 0.15) is 11.5 Å². The number of sulfonamides is 2. The van der Waals surface area contributed by atoms with E-state index in [1.54, 1.807) is 0 Å². The summed E-state index contributed by atoms with van der Waals surface area (Å²) in [5.41, 5.74) is -4.27. The van der Waals surface area contributed by atoms with Crippen LogP contribution < -0.4 is 10.3 Å². The van der Waals surface area contributed by atoms with Crippen LogP contribution in [0.4, 0.5) is 11.4 Å². The van der Waals surface area contributed by atoms with Gasteiger partial charge in [-0.15, -0.1) is 0 Å². The summed E-state index contributed by atoms with van der Waals surface area (Å²) < 4.78 is 53.9. The van der Waals surface area contributed by atoms with Gasteiger partial charge in [-0.25, -0.2) is 27.1 Å². The largest absolute Gasteiger partial charge is 0.469 e. The molecule has 0 bridgehead atoms. The van der Waals surface area contributed by atoms with Crippen molar-refractivity contribution < 1.29 is 36.3 Å². The molecule has 2 aromatic carbocycles. The summed E-state index contributed by atoms with van der Waals surface area (Å²) >= 11 is 0. The van der Waals surface area contributed by atoms with E-state index in [1.807, 2.05) is 0 Å². The number of furan rings is 1. The van der Waals surface area contributed by atoms with Crippen molar-refractivity contribution in [2.45, 2.75) is 16.2 Å². The van der Waals surface area contributed by atoms with Crippen LogP contribution >= 0.6 is 0 Å². The summed E-state index contributed by atoms with van der Waals surface area (Å²) in [7, 11) is -9.14. The third-order valence-electron chi connectivity index (χ3n) is 5.27. The molecule has 182 valence electrons. The van der Waals surface area contributed by atoms with Crippen LogP contribution in [-0.2, 0) is 26.5 Å². The van der Waals surface area contributed by atoms with Gasteiger partial charge in [-0.2, -0.15) is 0 Å². The Hall–Kier alpha value is -4.19. The monoisotopic (exact) mass is 523 g/mol. The maximum absolute atomic E-state index is 12.4. The first-order valence-electron chi connectivity index (χ1n) is 9.23. The zero-order chi connectivity index (χ0) is 25.9. The van der Waals surface area contributed by atoms with Crippen molar-refractivity contribution in [2.75, 3.05) is 0 Å². The Bertz CT molecular complexity index is 1680. The SMILES string of the molecule is NS(=O)(=O)c1cc2c(c([N+](=O)[O-])c1)-c1c([N+](=O)[O-])cc(S(N)(=O)=O)c(Cc3ccco3)c1C2=NO. The van der Waals surface area contributed by atoms with Gasteiger partial charge in [-0.3, -0.25) is 20.2 Å². The second kappa shape index (κ2) is 7.94. The lowest BCUT2D eigenvalue weighted by Crippen LogP contribution is -2.18. The highest BCUT2D eigenvalue weighted by Gasteiger charge is 2.43. The lowest BCUT2D eigenvalue weighted by molar-refractivity contribution is -0.386. The number of primary sulfonamides is 2. The molecule has 0 fully saturated rings. The summed E-state index contributed by atoms with van der Waals surface area (Å²) in [6.45, 7) is 0. The van der Waals surface area contributed by atoms with E-state index in [1.165, 1.54) is 18.4 Å². The molecule has 4 rings (SSSR count). The van der Waals surface area contributed by atoms with Crippen LogP contribution in [0.1, 0.15) is 22.5 Å². The van der Waals surface area contributed by atoms with Crippen LogP contribution in [-0.4, -0.2) is 37.6 Å². The number of nitro groups is 2. The van der Waals surface area contributed by atoms with Gasteiger partial charge in [0.15, 0.2) is 0 Å². The molecule has 17 heteroatoms. The highest BCUT2D eigenvalue weighted by atomic mass is 32.2. The second-order valence-electron chi connectivity index (χ2n) is 7.30. The molecule has 15 nitrogen and oxygen atoms in total. The van der Waals surface area contributed by atoms with E-state index in [4.69, 9.17) is 14.7 Å². The number of hydrogen-bond acceptors (Lipinski definition) is 11. The van der Waals surface area contributed by atoms with Gasteiger partial charge >= 0.3 is 0 Å². The van der Waals surface area contributed by atoms with E-state index >= 15 is 0 Å². The topological polar surface area (TPSA) is 252 Å². The summed E-state index contributed by atoms with van der Waals surface area (Å²) in [6.07, 6.45) is 0.943. The molecule has 0 saturated carbocycles. The van der Waals surface area contributed by atoms with Gasteiger partial charge in [-0.1, -0.05) is 5.16 Å². The molecule has 0 amide bonds. The van der Waals surface area contributed by atoms with E-state index in [2.05, 4.69) is 5.16 Å². The minimum Gasteiger partial charge on any atom is -0.469 e. The highest BCUT2D eigenvalue weighted by molar-refractivity contribution is 7.89. The molecule has 0 unspecified atom stereocenters. The quantitative estimate of drug-likeness (QED) is 0.185. The number of benzene rings is 2. The molecule has 1 aromatic heterocycles. The van der Waals surface area contributed by atoms with Crippen LogP contribution in [0.5, 0.6) is 0 Å². The van der Waals surface area contributed by atoms with Crippen LogP contribution in [0.25, 0.3) is 11.1 Å². The van der Waals surface area contributed by atoms with Crippen LogP contribution in [0, 0.1) is 20.2 Å². The smallest absolute Gasteiger partial charge is 0.279 e. The zero-order valence-corrected chi connectivity index (χ0v) is 18.7. The van der Waals surface area contributed by atoms with Crippen molar-refractivity contribution in [3.05, 3.63) is 79.3 Å². The first-order valence-corrected chi connectivity index (χ1v) is 12.3. The normalized spacial score (nSPS) is 14.1. The molecule has 5 N–H and O–H groups in total. The highest BCUT2D eigenvalue weighted by Crippen LogP contribution is 2.51. The van der Waals surface area contributed by atoms with Gasteiger partial charge in [0.2, 0.25) is 20.0 Å². The zero-order valence-electron chi connectivity index (χ0n) is 17.1. The van der Waals surface area contributed by atoms with Crippen molar-refractivity contribution in [3.63, 3.8) is 0 Å². The molecular weight excluding hydrogens is 510 g/mol. The van der Waals surface area contributed by atoms with Crippen molar-refractivity contribution >= 4 is 37.1 Å². The Morgan fingerprint density at radius 1 is 0.943 bits per heavy atom. The van der Waals surface area contributed by atoms with Gasteiger partial charge < -0.3 is 9.62 Å². The second-order valence-corrected chi connectivity index (χ2v) is 10.4. The first-order chi connectivity index (χ1) is 16.3. The molecule has 35 heavy (non-hydrogen) atoms. The minimum atomic E-state index is -4.62. The number of rotatable bonds is 6. The average Bonchev–Trinajstić information content (AvgIpc) is 3.37. The lowest BCUT2D eigenvalue weighted by Gasteiger charge is -2.13. The molecule has 1 aliphatic rings. The van der Waals surface area contributed by atoms with E-state index in [9.17, 15) is 42.3 Å². The van der Waals surface area contributed by atoms with Crippen molar-refractivity contribution in [1.29, 1.82) is 0 Å². The number of nitrogens with two attached hydrogens (primary N) is 2. The van der Waals surface area contributed by atoms with Crippen molar-refractivity contribution in [3.8, 4) is 11.1 Å². The fraction of sp³-hybridized carbons (Fsp3) is 0.0556. The van der Waals surface area contributed by atoms with Crippen LogP contribution in [0.15, 0.2) is 56.0 Å². The number of oxime groups is 1. The molecule has 1 heterocycles. The van der Waals surface area contributed by atoms with Crippen LogP contribution in [0.3, 0.4) is 0 Å². The molecule has 0 radical (unpaired) electrons. The fourth-order valence-electron chi connectivity index (χ4n) is 3.96. The predicted molar refractivity (Wildman–Crippen MR) is 117 cm³/mol. The Morgan fingerprint density at radius 2 is 1.57 bits per heavy atom. The molecule has 0 spiro atoms. The lowest BCUT2D eigenvalue weighted by atomic mass is 9.95. The van der Waals surface area contributed by atoms with Crippen molar-refractivity contribution in [1.82, 2.24) is 0 Å². The van der Waals surface area contributed by atoms with Gasteiger partial charge in [0.05, 0.1) is 37.0 Å². The maximum Gasteiger partial charge on any atom is 0.279 e. The van der Waals surface area contributed by atoms with Crippen molar-refractivity contribution in [2.24, 2.45) is 15.4 Å². The maximum atomic E-state index is 12.4. The van der Waals surface area contributed by atoms with Gasteiger partial charge in [-0.05, 0) is 23.8 Å². The standard InChI is InChI=1S/C18H13N5O10S2/c19-34(29,30)9-5-11-15(12(6-9)22(25)26)17-13(23(27)28)7-14(35(20,31)32)10(16(17)18(11)21-24)4-8-2-1-3-33-8/h1-3,5-7,24H,4H2,(H2,19,29,30)(H2,20,31,32). The molecule has 0 atom stereocenters. The van der Waals surface area contributed by atoms with Gasteiger partial charge in [0, 0.05) is 29.7 Å². The average molecular weight is 523 g/mol. The van der Waals surface area contributed by atoms with Gasteiger partial charge in [0.25, 0.3) is 11.4 Å². The molecular formula is C18H13N5O10S2. The molecule has 0 aliphatic heterocycles. The molecule has 3 aromatic rings. The first kappa shape index (κ1) is 24.0. The fourth-order valence-corrected chi connectivity index (χ4v) is 5.31. The minimum absolute atomic E-state index is 0.180. The Balaban J connectivity index is 2.25. The summed E-state index contributed by atoms with van der Waals surface area (Å²) in [6, 6.07) is 5.01. The Morgan fingerprint density at radius 3 is 2.06 bits per heavy atom. The molecule has 0 saturated heterocycles. The Labute approximate surface area is 195 Å². The Kier molecular flexibility index (Phi) is 5.44. The number of hydrogen-bond donors (Lipinski definition) is 3. The summed E-state index contributed by atoms with van der Waals surface area (Å²) in [5.74, 6) is 0.180. The molecule has 1 aliphatic carbocycles.